The van der Waals surface area contributed by atoms with Gasteiger partial charge in [-0.1, -0.05) is 36.2 Å². The van der Waals surface area contributed by atoms with Gasteiger partial charge in [-0.25, -0.2) is 0 Å². The van der Waals surface area contributed by atoms with Crippen molar-refractivity contribution in [3.8, 4) is 0 Å². The average Bonchev–Trinajstić information content (AvgIpc) is 2.65. The molecular weight excluding hydrogens is 413 g/mol. The maximum Gasteiger partial charge on any atom is 0.257 e. The zero-order valence-electron chi connectivity index (χ0n) is 15.9. The van der Waals surface area contributed by atoms with Gasteiger partial charge in [-0.3, -0.25) is 10.1 Å². The molecule has 0 unspecified atom stereocenters. The number of benzene rings is 2. The zero-order chi connectivity index (χ0) is 20.3. The molecule has 28 heavy (non-hydrogen) atoms. The number of rotatable bonds is 3. The van der Waals surface area contributed by atoms with E-state index in [-0.39, 0.29) is 11.0 Å². The van der Waals surface area contributed by atoms with Crippen molar-refractivity contribution < 1.29 is 4.79 Å². The van der Waals surface area contributed by atoms with Crippen molar-refractivity contribution in [1.82, 2.24) is 5.32 Å². The monoisotopic (exact) mass is 435 g/mol. The second-order valence-corrected chi connectivity index (χ2v) is 8.43. The van der Waals surface area contributed by atoms with Gasteiger partial charge in [-0.2, -0.15) is 0 Å². The predicted molar refractivity (Wildman–Crippen MR) is 122 cm³/mol. The molecule has 3 rings (SSSR count). The Bertz CT molecular complexity index is 895. The summed E-state index contributed by atoms with van der Waals surface area (Å²) in [7, 11) is 0. The van der Waals surface area contributed by atoms with E-state index in [9.17, 15) is 4.79 Å². The third-order valence-corrected chi connectivity index (χ3v) is 5.91. The molecule has 1 aliphatic heterocycles. The molecule has 2 N–H and O–H groups in total. The van der Waals surface area contributed by atoms with Crippen molar-refractivity contribution in [3.63, 3.8) is 0 Å². The van der Waals surface area contributed by atoms with Gasteiger partial charge in [-0.05, 0) is 73.8 Å². The summed E-state index contributed by atoms with van der Waals surface area (Å²) in [5, 5.41) is 7.09. The summed E-state index contributed by atoms with van der Waals surface area (Å²) in [4.78, 5) is 14.6. The van der Waals surface area contributed by atoms with Crippen LogP contribution in [0.3, 0.4) is 0 Å². The predicted octanol–water partition coefficient (Wildman–Crippen LogP) is 5.66. The van der Waals surface area contributed by atoms with Gasteiger partial charge in [0.1, 0.15) is 0 Å². The number of nitrogens with zero attached hydrogens (tertiary/aromatic N) is 1. The van der Waals surface area contributed by atoms with Crippen LogP contribution < -0.4 is 15.5 Å². The Hall–Kier alpha value is -1.82. The number of anilines is 2. The number of aryl methyl sites for hydroxylation is 1. The Kier molecular flexibility index (Phi) is 6.81. The third kappa shape index (κ3) is 5.16. The Balaban J connectivity index is 1.61. The standard InChI is InChI=1S/C21H23Cl2N3OS/c1-13-7-9-26(10-8-13)19-6-5-16(12-18(19)23)24-21(28)25-20(27)15-4-3-14(2)17(22)11-15/h3-6,11-13H,7-10H2,1-2H3,(H2,24,25,27,28). The van der Waals surface area contributed by atoms with E-state index in [1.54, 1.807) is 18.2 Å². The molecule has 148 valence electrons. The summed E-state index contributed by atoms with van der Waals surface area (Å²) in [5.74, 6) is 0.449. The number of hydrogen-bond donors (Lipinski definition) is 2. The van der Waals surface area contributed by atoms with Gasteiger partial charge in [0.25, 0.3) is 5.91 Å². The van der Waals surface area contributed by atoms with E-state index >= 15 is 0 Å². The second-order valence-electron chi connectivity index (χ2n) is 7.21. The number of carbonyl (C=O) groups excluding carboxylic acids is 1. The molecule has 0 aliphatic carbocycles. The summed E-state index contributed by atoms with van der Waals surface area (Å²) in [6.45, 7) is 6.20. The maximum atomic E-state index is 12.3. The molecule has 2 aromatic rings. The topological polar surface area (TPSA) is 44.4 Å². The average molecular weight is 436 g/mol. The first kappa shape index (κ1) is 20.9. The Morgan fingerprint density at radius 1 is 1.11 bits per heavy atom. The van der Waals surface area contributed by atoms with Gasteiger partial charge in [0.15, 0.2) is 5.11 Å². The molecule has 1 heterocycles. The Morgan fingerprint density at radius 2 is 1.82 bits per heavy atom. The fraction of sp³-hybridized carbons (Fsp3) is 0.333. The number of piperidine rings is 1. The molecule has 4 nitrogen and oxygen atoms in total. The largest absolute Gasteiger partial charge is 0.370 e. The van der Waals surface area contributed by atoms with Crippen LogP contribution in [-0.2, 0) is 0 Å². The van der Waals surface area contributed by atoms with Crippen molar-refractivity contribution in [3.05, 3.63) is 57.6 Å². The van der Waals surface area contributed by atoms with E-state index < -0.39 is 0 Å². The number of halogens is 2. The second kappa shape index (κ2) is 9.12. The maximum absolute atomic E-state index is 12.3. The van der Waals surface area contributed by atoms with Crippen molar-refractivity contribution in [2.75, 3.05) is 23.3 Å². The lowest BCUT2D eigenvalue weighted by Crippen LogP contribution is -2.34. The minimum Gasteiger partial charge on any atom is -0.370 e. The van der Waals surface area contributed by atoms with Crippen LogP contribution in [0.5, 0.6) is 0 Å². The molecule has 0 bridgehead atoms. The van der Waals surface area contributed by atoms with E-state index in [0.717, 1.165) is 35.9 Å². The molecule has 1 amide bonds. The van der Waals surface area contributed by atoms with Gasteiger partial charge in [0, 0.05) is 29.4 Å². The molecule has 0 atom stereocenters. The molecular formula is C21H23Cl2N3OS. The van der Waals surface area contributed by atoms with Crippen molar-refractivity contribution in [1.29, 1.82) is 0 Å². The fourth-order valence-electron chi connectivity index (χ4n) is 3.16. The first-order valence-corrected chi connectivity index (χ1v) is 10.4. The Morgan fingerprint density at radius 3 is 2.46 bits per heavy atom. The van der Waals surface area contributed by atoms with Gasteiger partial charge in [0.05, 0.1) is 10.7 Å². The quantitative estimate of drug-likeness (QED) is 0.609. The van der Waals surface area contributed by atoms with Crippen LogP contribution in [0.4, 0.5) is 11.4 Å². The van der Waals surface area contributed by atoms with Crippen LogP contribution in [0.2, 0.25) is 10.0 Å². The van der Waals surface area contributed by atoms with E-state index in [1.807, 2.05) is 25.1 Å². The summed E-state index contributed by atoms with van der Waals surface area (Å²) < 4.78 is 0. The summed E-state index contributed by atoms with van der Waals surface area (Å²) in [6.07, 6.45) is 2.35. The number of hydrogen-bond acceptors (Lipinski definition) is 3. The van der Waals surface area contributed by atoms with Crippen molar-refractivity contribution in [2.24, 2.45) is 5.92 Å². The lowest BCUT2D eigenvalue weighted by molar-refractivity contribution is 0.0977. The minimum absolute atomic E-state index is 0.206. The lowest BCUT2D eigenvalue weighted by Gasteiger charge is -2.32. The number of carbonyl (C=O) groups is 1. The molecule has 0 saturated carbocycles. The molecule has 0 aromatic heterocycles. The van der Waals surface area contributed by atoms with Crippen LogP contribution in [0.25, 0.3) is 0 Å². The number of amides is 1. The molecule has 2 aromatic carbocycles. The smallest absolute Gasteiger partial charge is 0.257 e. The molecule has 0 spiro atoms. The first-order chi connectivity index (χ1) is 13.3. The fourth-order valence-corrected chi connectivity index (χ4v) is 3.85. The van der Waals surface area contributed by atoms with E-state index in [1.165, 1.54) is 12.8 Å². The molecule has 1 saturated heterocycles. The van der Waals surface area contributed by atoms with Gasteiger partial charge < -0.3 is 10.2 Å². The highest BCUT2D eigenvalue weighted by Gasteiger charge is 2.18. The van der Waals surface area contributed by atoms with Crippen molar-refractivity contribution >= 4 is 57.8 Å². The lowest BCUT2D eigenvalue weighted by atomic mass is 9.99. The van der Waals surface area contributed by atoms with Gasteiger partial charge in [0.2, 0.25) is 0 Å². The highest BCUT2D eigenvalue weighted by Crippen LogP contribution is 2.31. The molecule has 1 fully saturated rings. The number of thiocarbonyl (C=S) groups is 1. The van der Waals surface area contributed by atoms with Gasteiger partial charge >= 0.3 is 0 Å². The van der Waals surface area contributed by atoms with Gasteiger partial charge in [-0.15, -0.1) is 0 Å². The third-order valence-electron chi connectivity index (χ3n) is 4.99. The van der Waals surface area contributed by atoms with Crippen LogP contribution in [0.1, 0.15) is 35.7 Å². The van der Waals surface area contributed by atoms with Crippen LogP contribution in [0, 0.1) is 12.8 Å². The highest BCUT2D eigenvalue weighted by molar-refractivity contribution is 7.80. The highest BCUT2D eigenvalue weighted by atomic mass is 35.5. The summed E-state index contributed by atoms with van der Waals surface area (Å²) in [5.41, 5.74) is 3.12. The molecule has 7 heteroatoms. The van der Waals surface area contributed by atoms with E-state index in [4.69, 9.17) is 35.4 Å². The van der Waals surface area contributed by atoms with Crippen LogP contribution in [0.15, 0.2) is 36.4 Å². The molecule has 0 radical (unpaired) electrons. The SMILES string of the molecule is Cc1ccc(C(=O)NC(=S)Nc2ccc(N3CCC(C)CC3)c(Cl)c2)cc1Cl. The normalized spacial score (nSPS) is 14.6. The first-order valence-electron chi connectivity index (χ1n) is 9.26. The van der Waals surface area contributed by atoms with E-state index in [2.05, 4.69) is 22.5 Å². The van der Waals surface area contributed by atoms with Crippen LogP contribution in [-0.4, -0.2) is 24.1 Å². The van der Waals surface area contributed by atoms with Crippen LogP contribution >= 0.6 is 35.4 Å². The van der Waals surface area contributed by atoms with E-state index in [0.29, 0.717) is 15.6 Å². The summed E-state index contributed by atoms with van der Waals surface area (Å²) in [6, 6.07) is 10.9. The summed E-state index contributed by atoms with van der Waals surface area (Å²) >= 11 is 17.8. The molecule has 1 aliphatic rings. The number of nitrogens with one attached hydrogen (secondary N) is 2. The van der Waals surface area contributed by atoms with Crippen molar-refractivity contribution in [2.45, 2.75) is 26.7 Å². The minimum atomic E-state index is -0.315. The zero-order valence-corrected chi connectivity index (χ0v) is 18.2. The Labute approximate surface area is 181 Å².